The first-order valence-corrected chi connectivity index (χ1v) is 6.33. The Balaban J connectivity index is 2.04. The molecule has 0 amide bonds. The number of aromatic nitrogens is 2. The van der Waals surface area contributed by atoms with Crippen LogP contribution in [0.5, 0.6) is 0 Å². The Morgan fingerprint density at radius 1 is 1.44 bits per heavy atom. The van der Waals surface area contributed by atoms with Crippen LogP contribution in [0.3, 0.4) is 0 Å². The van der Waals surface area contributed by atoms with Crippen LogP contribution >= 0.6 is 11.3 Å². The van der Waals surface area contributed by atoms with Gasteiger partial charge in [0.2, 0.25) is 5.95 Å². The first kappa shape index (κ1) is 9.84. The summed E-state index contributed by atoms with van der Waals surface area (Å²) in [6.07, 6.45) is 3.68. The Kier molecular flexibility index (Phi) is 2.04. The van der Waals surface area contributed by atoms with Crippen LogP contribution in [-0.4, -0.2) is 15.5 Å². The molecule has 2 aromatic heterocycles. The highest BCUT2D eigenvalue weighted by Gasteiger charge is 2.32. The Labute approximate surface area is 97.9 Å². The molecule has 0 unspecified atom stereocenters. The average Bonchev–Trinajstić information content (AvgIpc) is 2.63. The molecule has 0 aliphatic heterocycles. The van der Waals surface area contributed by atoms with E-state index in [4.69, 9.17) is 5.73 Å². The molecule has 0 aromatic carbocycles. The van der Waals surface area contributed by atoms with Crippen LogP contribution in [0.2, 0.25) is 0 Å². The van der Waals surface area contributed by atoms with Gasteiger partial charge in [0.05, 0.1) is 5.39 Å². The van der Waals surface area contributed by atoms with E-state index in [0.29, 0.717) is 5.95 Å². The third-order valence-corrected chi connectivity index (χ3v) is 4.03. The van der Waals surface area contributed by atoms with Gasteiger partial charge in [0.1, 0.15) is 10.6 Å². The maximum absolute atomic E-state index is 5.71. The molecule has 1 aliphatic rings. The summed E-state index contributed by atoms with van der Waals surface area (Å²) in [5, 5.41) is 6.60. The second-order valence-corrected chi connectivity index (χ2v) is 5.50. The van der Waals surface area contributed by atoms with Gasteiger partial charge in [-0.25, -0.2) is 4.98 Å². The summed E-state index contributed by atoms with van der Waals surface area (Å²) < 4.78 is 0. The molecule has 0 bridgehead atoms. The predicted molar refractivity (Wildman–Crippen MR) is 67.7 cm³/mol. The van der Waals surface area contributed by atoms with Gasteiger partial charge in [-0.3, -0.25) is 0 Å². The fraction of sp³-hybridized carbons (Fsp3) is 0.455. The van der Waals surface area contributed by atoms with Crippen molar-refractivity contribution >= 4 is 33.3 Å². The molecule has 16 heavy (non-hydrogen) atoms. The largest absolute Gasteiger partial charge is 0.368 e. The van der Waals surface area contributed by atoms with Crippen molar-refractivity contribution in [3.63, 3.8) is 0 Å². The molecule has 2 heterocycles. The zero-order valence-electron chi connectivity index (χ0n) is 9.16. The Hall–Kier alpha value is -1.36. The molecular weight excluding hydrogens is 220 g/mol. The van der Waals surface area contributed by atoms with Gasteiger partial charge < -0.3 is 11.1 Å². The monoisotopic (exact) mass is 234 g/mol. The van der Waals surface area contributed by atoms with Gasteiger partial charge in [-0.1, -0.05) is 0 Å². The summed E-state index contributed by atoms with van der Waals surface area (Å²) in [5.74, 6) is 1.23. The summed E-state index contributed by atoms with van der Waals surface area (Å²) in [6, 6.07) is 2.05. The molecule has 0 atom stereocenters. The van der Waals surface area contributed by atoms with Gasteiger partial charge in [-0.2, -0.15) is 4.98 Å². The van der Waals surface area contributed by atoms with E-state index in [1.54, 1.807) is 11.3 Å². The SMILES string of the molecule is CC1(Nc2nc(N)nc3sccc23)CCC1. The van der Waals surface area contributed by atoms with Gasteiger partial charge in [0, 0.05) is 5.54 Å². The highest BCUT2D eigenvalue weighted by Crippen LogP contribution is 2.36. The molecule has 2 aromatic rings. The number of hydrogen-bond acceptors (Lipinski definition) is 5. The molecule has 84 valence electrons. The first-order valence-electron chi connectivity index (χ1n) is 5.45. The zero-order valence-corrected chi connectivity index (χ0v) is 9.97. The standard InChI is InChI=1S/C11H14N4S/c1-11(4-2-5-11)15-8-7-3-6-16-9(7)14-10(12)13-8/h3,6H,2,4-5H2,1H3,(H3,12,13,14,15). The highest BCUT2D eigenvalue weighted by atomic mass is 32.1. The van der Waals surface area contributed by atoms with Gasteiger partial charge in [0.15, 0.2) is 0 Å². The quantitative estimate of drug-likeness (QED) is 0.838. The summed E-state index contributed by atoms with van der Waals surface area (Å²) in [4.78, 5) is 9.47. The number of thiophene rings is 1. The van der Waals surface area contributed by atoms with E-state index in [0.717, 1.165) is 16.0 Å². The number of nitrogens with two attached hydrogens (primary N) is 1. The normalized spacial score (nSPS) is 18.3. The number of nitrogens with zero attached hydrogens (tertiary/aromatic N) is 2. The lowest BCUT2D eigenvalue weighted by Crippen LogP contribution is -2.42. The van der Waals surface area contributed by atoms with E-state index < -0.39 is 0 Å². The maximum Gasteiger partial charge on any atom is 0.223 e. The Morgan fingerprint density at radius 2 is 2.25 bits per heavy atom. The molecule has 0 saturated heterocycles. The number of rotatable bonds is 2. The number of anilines is 2. The lowest BCUT2D eigenvalue weighted by molar-refractivity contribution is 0.306. The number of nitrogens with one attached hydrogen (secondary N) is 1. The Morgan fingerprint density at radius 3 is 2.94 bits per heavy atom. The summed E-state index contributed by atoms with van der Waals surface area (Å²) >= 11 is 1.60. The van der Waals surface area contributed by atoms with Crippen molar-refractivity contribution in [3.05, 3.63) is 11.4 Å². The number of hydrogen-bond donors (Lipinski definition) is 2. The molecule has 4 nitrogen and oxygen atoms in total. The average molecular weight is 234 g/mol. The molecule has 1 aliphatic carbocycles. The van der Waals surface area contributed by atoms with E-state index in [1.807, 2.05) is 11.4 Å². The van der Waals surface area contributed by atoms with E-state index in [1.165, 1.54) is 19.3 Å². The molecule has 1 saturated carbocycles. The van der Waals surface area contributed by atoms with Gasteiger partial charge in [0.25, 0.3) is 0 Å². The third-order valence-electron chi connectivity index (χ3n) is 3.22. The van der Waals surface area contributed by atoms with Crippen molar-refractivity contribution in [2.45, 2.75) is 31.7 Å². The van der Waals surface area contributed by atoms with Crippen LogP contribution < -0.4 is 11.1 Å². The molecule has 3 N–H and O–H groups in total. The van der Waals surface area contributed by atoms with Gasteiger partial charge in [-0.05, 0) is 37.6 Å². The lowest BCUT2D eigenvalue weighted by Gasteiger charge is -2.39. The molecule has 1 fully saturated rings. The lowest BCUT2D eigenvalue weighted by atomic mass is 9.78. The summed E-state index contributed by atoms with van der Waals surface area (Å²) in [5.41, 5.74) is 5.90. The van der Waals surface area contributed by atoms with Crippen LogP contribution in [-0.2, 0) is 0 Å². The second kappa shape index (κ2) is 3.31. The molecule has 5 heteroatoms. The van der Waals surface area contributed by atoms with Crippen molar-refractivity contribution in [1.82, 2.24) is 9.97 Å². The van der Waals surface area contributed by atoms with E-state index >= 15 is 0 Å². The van der Waals surface area contributed by atoms with Crippen molar-refractivity contribution < 1.29 is 0 Å². The van der Waals surface area contributed by atoms with Crippen molar-refractivity contribution in [2.75, 3.05) is 11.1 Å². The zero-order chi connectivity index (χ0) is 11.2. The van der Waals surface area contributed by atoms with Crippen molar-refractivity contribution in [1.29, 1.82) is 0 Å². The number of nitrogen functional groups attached to an aromatic ring is 1. The predicted octanol–water partition coefficient (Wildman–Crippen LogP) is 2.63. The van der Waals surface area contributed by atoms with Crippen molar-refractivity contribution in [2.24, 2.45) is 0 Å². The fourth-order valence-corrected chi connectivity index (χ4v) is 2.86. The van der Waals surface area contributed by atoms with Gasteiger partial charge >= 0.3 is 0 Å². The second-order valence-electron chi connectivity index (χ2n) is 4.61. The number of fused-ring (bicyclic) bond motifs is 1. The third kappa shape index (κ3) is 1.51. The molecular formula is C11H14N4S. The van der Waals surface area contributed by atoms with Gasteiger partial charge in [-0.15, -0.1) is 11.3 Å². The molecule has 0 spiro atoms. The van der Waals surface area contributed by atoms with E-state index in [9.17, 15) is 0 Å². The first-order chi connectivity index (χ1) is 7.66. The van der Waals surface area contributed by atoms with E-state index in [-0.39, 0.29) is 5.54 Å². The molecule has 0 radical (unpaired) electrons. The van der Waals surface area contributed by atoms with E-state index in [2.05, 4.69) is 22.2 Å². The van der Waals surface area contributed by atoms with Crippen LogP contribution in [0.4, 0.5) is 11.8 Å². The van der Waals surface area contributed by atoms with Crippen LogP contribution in [0.1, 0.15) is 26.2 Å². The topological polar surface area (TPSA) is 63.8 Å². The minimum Gasteiger partial charge on any atom is -0.368 e. The minimum atomic E-state index is 0.190. The van der Waals surface area contributed by atoms with Crippen LogP contribution in [0.25, 0.3) is 10.2 Å². The Bertz CT molecular complexity index is 530. The summed E-state index contributed by atoms with van der Waals surface area (Å²) in [7, 11) is 0. The minimum absolute atomic E-state index is 0.190. The van der Waals surface area contributed by atoms with Crippen LogP contribution in [0.15, 0.2) is 11.4 Å². The smallest absolute Gasteiger partial charge is 0.223 e. The summed E-state index contributed by atoms with van der Waals surface area (Å²) in [6.45, 7) is 2.23. The van der Waals surface area contributed by atoms with Crippen molar-refractivity contribution in [3.8, 4) is 0 Å². The van der Waals surface area contributed by atoms with Crippen LogP contribution in [0, 0.1) is 0 Å². The fourth-order valence-electron chi connectivity index (χ4n) is 2.09. The highest BCUT2D eigenvalue weighted by molar-refractivity contribution is 7.16. The molecule has 3 rings (SSSR count). The maximum atomic E-state index is 5.71.